The van der Waals surface area contributed by atoms with Crippen molar-refractivity contribution in [2.75, 3.05) is 11.1 Å². The van der Waals surface area contributed by atoms with E-state index in [0.29, 0.717) is 5.56 Å². The molecule has 2 rings (SSSR count). The Kier molecular flexibility index (Phi) is 3.62. The first-order valence-corrected chi connectivity index (χ1v) is 5.57. The van der Waals surface area contributed by atoms with Gasteiger partial charge in [-0.2, -0.15) is 5.26 Å². The summed E-state index contributed by atoms with van der Waals surface area (Å²) in [4.78, 5) is 11.9. The fraction of sp³-hybridized carbons (Fsp3) is 0. The second-order valence-corrected chi connectivity index (χ2v) is 3.99. The van der Waals surface area contributed by atoms with Gasteiger partial charge < -0.3 is 11.1 Å². The first-order valence-electron chi connectivity index (χ1n) is 5.57. The molecule has 100 valence electrons. The van der Waals surface area contributed by atoms with E-state index in [9.17, 15) is 13.6 Å². The molecule has 0 aliphatic rings. The average Bonchev–Trinajstić information content (AvgIpc) is 2.43. The van der Waals surface area contributed by atoms with E-state index in [0.717, 1.165) is 18.2 Å². The third-order valence-corrected chi connectivity index (χ3v) is 2.60. The van der Waals surface area contributed by atoms with Crippen molar-refractivity contribution in [3.63, 3.8) is 0 Å². The molecule has 0 aromatic heterocycles. The minimum absolute atomic E-state index is 0.161. The molecule has 0 atom stereocenters. The third kappa shape index (κ3) is 2.72. The lowest BCUT2D eigenvalue weighted by molar-refractivity contribution is 0.102. The van der Waals surface area contributed by atoms with Crippen LogP contribution in [0.1, 0.15) is 15.9 Å². The fourth-order valence-electron chi connectivity index (χ4n) is 1.61. The van der Waals surface area contributed by atoms with Crippen molar-refractivity contribution in [1.82, 2.24) is 0 Å². The number of carbonyl (C=O) groups excluding carboxylic acids is 1. The summed E-state index contributed by atoms with van der Waals surface area (Å²) in [6.07, 6.45) is 0. The quantitative estimate of drug-likeness (QED) is 0.825. The van der Waals surface area contributed by atoms with E-state index in [1.807, 2.05) is 6.07 Å². The summed E-state index contributed by atoms with van der Waals surface area (Å²) in [5.74, 6) is -2.38. The van der Waals surface area contributed by atoms with Gasteiger partial charge in [-0.1, -0.05) is 0 Å². The molecule has 20 heavy (non-hydrogen) atoms. The highest BCUT2D eigenvalue weighted by atomic mass is 19.1. The Balaban J connectivity index is 2.28. The molecule has 0 unspecified atom stereocenters. The molecule has 0 spiro atoms. The van der Waals surface area contributed by atoms with Crippen molar-refractivity contribution in [3.05, 3.63) is 59.2 Å². The molecule has 0 heterocycles. The van der Waals surface area contributed by atoms with Crippen LogP contribution in [0.25, 0.3) is 0 Å². The fourth-order valence-corrected chi connectivity index (χ4v) is 1.61. The van der Waals surface area contributed by atoms with Crippen molar-refractivity contribution < 1.29 is 13.6 Å². The molecule has 0 aliphatic heterocycles. The largest absolute Gasteiger partial charge is 0.397 e. The number of carbonyl (C=O) groups is 1. The van der Waals surface area contributed by atoms with Gasteiger partial charge >= 0.3 is 0 Å². The maximum atomic E-state index is 13.4. The molecule has 0 saturated heterocycles. The minimum Gasteiger partial charge on any atom is -0.397 e. The van der Waals surface area contributed by atoms with Crippen LogP contribution < -0.4 is 11.1 Å². The zero-order valence-electron chi connectivity index (χ0n) is 10.2. The molecular weight excluding hydrogens is 264 g/mol. The number of hydrogen-bond acceptors (Lipinski definition) is 3. The molecule has 0 saturated carbocycles. The summed E-state index contributed by atoms with van der Waals surface area (Å²) in [5.41, 5.74) is 5.95. The lowest BCUT2D eigenvalue weighted by Gasteiger charge is -2.09. The van der Waals surface area contributed by atoms with Gasteiger partial charge in [0.2, 0.25) is 0 Å². The van der Waals surface area contributed by atoms with Gasteiger partial charge in [-0.3, -0.25) is 4.79 Å². The summed E-state index contributed by atoms with van der Waals surface area (Å²) in [7, 11) is 0. The van der Waals surface area contributed by atoms with Crippen molar-refractivity contribution in [1.29, 1.82) is 5.26 Å². The van der Waals surface area contributed by atoms with Crippen molar-refractivity contribution in [2.45, 2.75) is 0 Å². The van der Waals surface area contributed by atoms with E-state index >= 15 is 0 Å². The Labute approximate surface area is 113 Å². The molecule has 2 aromatic carbocycles. The zero-order chi connectivity index (χ0) is 14.7. The number of nitrogen functional groups attached to an aromatic ring is 1. The second kappa shape index (κ2) is 5.36. The molecule has 0 fully saturated rings. The SMILES string of the molecule is N#Cc1ccc(NC(=O)c2cc(F)ccc2F)c(N)c1. The third-order valence-electron chi connectivity index (χ3n) is 2.60. The molecule has 4 nitrogen and oxygen atoms in total. The van der Waals surface area contributed by atoms with Gasteiger partial charge in [0.1, 0.15) is 11.6 Å². The number of nitriles is 1. The smallest absolute Gasteiger partial charge is 0.258 e. The highest BCUT2D eigenvalue weighted by Gasteiger charge is 2.14. The van der Waals surface area contributed by atoms with E-state index in [4.69, 9.17) is 11.0 Å². The van der Waals surface area contributed by atoms with Gasteiger partial charge in [0.15, 0.2) is 0 Å². The average molecular weight is 273 g/mol. The lowest BCUT2D eigenvalue weighted by atomic mass is 10.1. The van der Waals surface area contributed by atoms with E-state index in [1.54, 1.807) is 0 Å². The van der Waals surface area contributed by atoms with Crippen LogP contribution in [-0.4, -0.2) is 5.91 Å². The van der Waals surface area contributed by atoms with Crippen LogP contribution in [0.15, 0.2) is 36.4 Å². The first kappa shape index (κ1) is 13.5. The van der Waals surface area contributed by atoms with Crippen LogP contribution in [0, 0.1) is 23.0 Å². The number of rotatable bonds is 2. The topological polar surface area (TPSA) is 78.9 Å². The molecule has 1 amide bonds. The predicted molar refractivity (Wildman–Crippen MR) is 69.9 cm³/mol. The number of benzene rings is 2. The molecule has 2 aromatic rings. The van der Waals surface area contributed by atoms with E-state index < -0.39 is 23.1 Å². The van der Waals surface area contributed by atoms with Crippen molar-refractivity contribution in [3.8, 4) is 6.07 Å². The lowest BCUT2D eigenvalue weighted by Crippen LogP contribution is -2.15. The maximum absolute atomic E-state index is 13.4. The van der Waals surface area contributed by atoms with Crippen LogP contribution in [0.5, 0.6) is 0 Å². The molecule has 0 bridgehead atoms. The summed E-state index contributed by atoms with van der Waals surface area (Å²) in [5, 5.41) is 11.1. The number of nitrogens with one attached hydrogen (secondary N) is 1. The van der Waals surface area contributed by atoms with E-state index in [2.05, 4.69) is 5.32 Å². The molecule has 0 aliphatic carbocycles. The Morgan fingerprint density at radius 3 is 2.60 bits per heavy atom. The summed E-state index contributed by atoms with van der Waals surface area (Å²) < 4.78 is 26.5. The van der Waals surface area contributed by atoms with Crippen LogP contribution in [0.3, 0.4) is 0 Å². The summed E-state index contributed by atoms with van der Waals surface area (Å²) in [6.45, 7) is 0. The standard InChI is InChI=1S/C14H9F2N3O/c15-9-2-3-11(16)10(6-9)14(20)19-13-4-1-8(7-17)5-12(13)18/h1-6H,18H2,(H,19,20). The Hall–Kier alpha value is -2.94. The van der Waals surface area contributed by atoms with Crippen LogP contribution in [-0.2, 0) is 0 Å². The Morgan fingerprint density at radius 1 is 1.20 bits per heavy atom. The molecular formula is C14H9F2N3O. The Morgan fingerprint density at radius 2 is 1.95 bits per heavy atom. The van der Waals surface area contributed by atoms with Crippen molar-refractivity contribution >= 4 is 17.3 Å². The molecule has 0 radical (unpaired) electrons. The second-order valence-electron chi connectivity index (χ2n) is 3.99. The van der Waals surface area contributed by atoms with E-state index in [1.165, 1.54) is 18.2 Å². The van der Waals surface area contributed by atoms with Gasteiger partial charge in [-0.15, -0.1) is 0 Å². The first-order chi connectivity index (χ1) is 9.51. The Bertz CT molecular complexity index is 723. The number of anilines is 2. The van der Waals surface area contributed by atoms with Gasteiger partial charge in [0.05, 0.1) is 28.6 Å². The summed E-state index contributed by atoms with van der Waals surface area (Å²) in [6, 6.07) is 8.72. The van der Waals surface area contributed by atoms with Crippen LogP contribution >= 0.6 is 0 Å². The minimum atomic E-state index is -0.837. The molecule has 3 N–H and O–H groups in total. The maximum Gasteiger partial charge on any atom is 0.258 e. The van der Waals surface area contributed by atoms with Gasteiger partial charge in [0.25, 0.3) is 5.91 Å². The highest BCUT2D eigenvalue weighted by Crippen LogP contribution is 2.21. The number of nitrogens with two attached hydrogens (primary N) is 1. The number of halogens is 2. The predicted octanol–water partition coefficient (Wildman–Crippen LogP) is 2.67. The van der Waals surface area contributed by atoms with Crippen molar-refractivity contribution in [2.24, 2.45) is 0 Å². The number of hydrogen-bond donors (Lipinski definition) is 2. The number of nitrogens with zero attached hydrogens (tertiary/aromatic N) is 1. The van der Waals surface area contributed by atoms with Gasteiger partial charge in [-0.25, -0.2) is 8.78 Å². The van der Waals surface area contributed by atoms with Gasteiger partial charge in [-0.05, 0) is 36.4 Å². The number of amides is 1. The normalized spacial score (nSPS) is 9.85. The summed E-state index contributed by atoms with van der Waals surface area (Å²) >= 11 is 0. The van der Waals surface area contributed by atoms with Gasteiger partial charge in [0, 0.05) is 0 Å². The van der Waals surface area contributed by atoms with Crippen LogP contribution in [0.4, 0.5) is 20.2 Å². The monoisotopic (exact) mass is 273 g/mol. The van der Waals surface area contributed by atoms with Crippen LogP contribution in [0.2, 0.25) is 0 Å². The molecule has 6 heteroatoms. The highest BCUT2D eigenvalue weighted by molar-refractivity contribution is 6.05. The van der Waals surface area contributed by atoms with E-state index in [-0.39, 0.29) is 11.4 Å². The zero-order valence-corrected chi connectivity index (χ0v) is 10.2.